The number of rotatable bonds is 5. The maximum Gasteiger partial charge on any atom is 0.341 e. The zero-order valence-corrected chi connectivity index (χ0v) is 16.9. The maximum atomic E-state index is 15.1. The molecule has 8 heteroatoms. The number of carboxylic acids is 1. The van der Waals surface area contributed by atoms with Crippen LogP contribution in [0.2, 0.25) is 0 Å². The first-order valence-corrected chi connectivity index (χ1v) is 10.5. The van der Waals surface area contributed by atoms with Crippen LogP contribution in [0.1, 0.15) is 52.7 Å². The quantitative estimate of drug-likeness (QED) is 0.655. The first-order chi connectivity index (χ1) is 15.0. The molecule has 0 amide bonds. The van der Waals surface area contributed by atoms with Crippen molar-refractivity contribution in [3.63, 3.8) is 0 Å². The standard InChI is InChI=1S/C23H23FN4O3/c24-19-9-17-20(29)18(23(30)31)12-28(16-4-5-16)21(17)26-22(19)27-7-6-15(11-27)14-3-1-2-13(8-14)10-25/h1-3,8-9,12,15-16H,4-7,10-11,25H2,(H,30,31). The van der Waals surface area contributed by atoms with Gasteiger partial charge in [0.05, 0.1) is 5.39 Å². The number of pyridine rings is 2. The van der Waals surface area contributed by atoms with E-state index < -0.39 is 17.2 Å². The summed E-state index contributed by atoms with van der Waals surface area (Å²) in [6, 6.07) is 9.38. The van der Waals surface area contributed by atoms with Gasteiger partial charge in [-0.25, -0.2) is 14.2 Å². The molecular formula is C23H23FN4O3. The van der Waals surface area contributed by atoms with E-state index in [-0.39, 0.29) is 28.7 Å². The largest absolute Gasteiger partial charge is 0.477 e. The molecule has 3 heterocycles. The number of benzene rings is 1. The number of aromatic carboxylic acids is 1. The number of hydrogen-bond donors (Lipinski definition) is 2. The van der Waals surface area contributed by atoms with Crippen LogP contribution in [0, 0.1) is 5.82 Å². The van der Waals surface area contributed by atoms with Crippen LogP contribution in [-0.4, -0.2) is 33.7 Å². The molecule has 1 aliphatic carbocycles. The average Bonchev–Trinajstić information content (AvgIpc) is 3.49. The lowest BCUT2D eigenvalue weighted by Crippen LogP contribution is -2.24. The molecular weight excluding hydrogens is 399 g/mol. The number of nitrogens with two attached hydrogens (primary N) is 1. The Morgan fingerprint density at radius 3 is 2.77 bits per heavy atom. The molecule has 1 aliphatic heterocycles. The molecule has 2 aromatic heterocycles. The van der Waals surface area contributed by atoms with E-state index in [1.165, 1.54) is 11.8 Å². The van der Waals surface area contributed by atoms with Gasteiger partial charge in [-0.1, -0.05) is 24.3 Å². The summed E-state index contributed by atoms with van der Waals surface area (Å²) >= 11 is 0. The Kier molecular flexibility index (Phi) is 4.74. The van der Waals surface area contributed by atoms with Crippen molar-refractivity contribution < 1.29 is 14.3 Å². The van der Waals surface area contributed by atoms with Gasteiger partial charge in [0.25, 0.3) is 0 Å². The Bertz CT molecular complexity index is 1250. The summed E-state index contributed by atoms with van der Waals surface area (Å²) in [6.07, 6.45) is 3.98. The smallest absolute Gasteiger partial charge is 0.341 e. The summed E-state index contributed by atoms with van der Waals surface area (Å²) in [5, 5.41) is 9.39. The zero-order valence-electron chi connectivity index (χ0n) is 16.9. The predicted octanol–water partition coefficient (Wildman–Crippen LogP) is 3.02. The van der Waals surface area contributed by atoms with Crippen LogP contribution < -0.4 is 16.1 Å². The fourth-order valence-electron chi connectivity index (χ4n) is 4.44. The zero-order chi connectivity index (χ0) is 21.7. The Morgan fingerprint density at radius 2 is 2.06 bits per heavy atom. The van der Waals surface area contributed by atoms with Crippen LogP contribution in [-0.2, 0) is 6.54 Å². The van der Waals surface area contributed by atoms with Gasteiger partial charge in [0.1, 0.15) is 11.2 Å². The molecule has 160 valence electrons. The SMILES string of the molecule is NCc1cccc(C2CCN(c3nc4c(cc3F)c(=O)c(C(=O)O)cn4C3CC3)C2)c1. The van der Waals surface area contributed by atoms with Crippen molar-refractivity contribution in [2.45, 2.75) is 37.8 Å². The Balaban J connectivity index is 1.54. The summed E-state index contributed by atoms with van der Waals surface area (Å²) in [6.45, 7) is 1.74. The molecule has 1 saturated carbocycles. The normalized spacial score (nSPS) is 18.6. The van der Waals surface area contributed by atoms with Crippen molar-refractivity contribution >= 4 is 22.8 Å². The van der Waals surface area contributed by atoms with Crippen LogP contribution in [0.25, 0.3) is 11.0 Å². The van der Waals surface area contributed by atoms with Crippen LogP contribution in [0.4, 0.5) is 10.2 Å². The molecule has 1 aromatic carbocycles. The van der Waals surface area contributed by atoms with Crippen molar-refractivity contribution in [1.29, 1.82) is 0 Å². The predicted molar refractivity (Wildman–Crippen MR) is 115 cm³/mol. The van der Waals surface area contributed by atoms with Crippen molar-refractivity contribution in [2.24, 2.45) is 5.73 Å². The highest BCUT2D eigenvalue weighted by Crippen LogP contribution is 2.38. The average molecular weight is 422 g/mol. The van der Waals surface area contributed by atoms with Crippen LogP contribution in [0.15, 0.2) is 41.3 Å². The third kappa shape index (κ3) is 3.46. The minimum absolute atomic E-state index is 0.0134. The molecule has 0 spiro atoms. The molecule has 1 unspecified atom stereocenters. The molecule has 3 N–H and O–H groups in total. The third-order valence-electron chi connectivity index (χ3n) is 6.26. The van der Waals surface area contributed by atoms with Gasteiger partial charge in [-0.2, -0.15) is 0 Å². The number of fused-ring (bicyclic) bond motifs is 1. The number of carbonyl (C=O) groups is 1. The molecule has 2 fully saturated rings. The summed E-state index contributed by atoms with van der Waals surface area (Å²) in [5.74, 6) is -1.47. The van der Waals surface area contributed by atoms with E-state index in [0.717, 1.165) is 30.9 Å². The number of hydrogen-bond acceptors (Lipinski definition) is 5. The first-order valence-electron chi connectivity index (χ1n) is 10.5. The monoisotopic (exact) mass is 422 g/mol. The lowest BCUT2D eigenvalue weighted by Gasteiger charge is -2.20. The highest BCUT2D eigenvalue weighted by molar-refractivity contribution is 5.92. The second-order valence-electron chi connectivity index (χ2n) is 8.36. The Labute approximate surface area is 177 Å². The molecule has 3 aromatic rings. The Morgan fingerprint density at radius 1 is 1.26 bits per heavy atom. The summed E-state index contributed by atoms with van der Waals surface area (Å²) in [4.78, 5) is 30.6. The molecule has 0 bridgehead atoms. The maximum absolute atomic E-state index is 15.1. The first kappa shape index (κ1) is 19.7. The van der Waals surface area contributed by atoms with Gasteiger partial charge in [0.15, 0.2) is 11.6 Å². The third-order valence-corrected chi connectivity index (χ3v) is 6.26. The van der Waals surface area contributed by atoms with E-state index in [0.29, 0.717) is 25.3 Å². The highest BCUT2D eigenvalue weighted by atomic mass is 19.1. The summed E-state index contributed by atoms with van der Waals surface area (Å²) in [5.41, 5.74) is 7.29. The van der Waals surface area contributed by atoms with Crippen molar-refractivity contribution in [3.05, 3.63) is 69.3 Å². The molecule has 31 heavy (non-hydrogen) atoms. The van der Waals surface area contributed by atoms with Gasteiger partial charge in [0.2, 0.25) is 5.43 Å². The lowest BCUT2D eigenvalue weighted by atomic mass is 9.97. The molecule has 0 radical (unpaired) electrons. The molecule has 2 aliphatic rings. The topological polar surface area (TPSA) is 101 Å². The Hall–Kier alpha value is -3.26. The second-order valence-corrected chi connectivity index (χ2v) is 8.36. The lowest BCUT2D eigenvalue weighted by molar-refractivity contribution is 0.0695. The van der Waals surface area contributed by atoms with E-state index in [1.807, 2.05) is 17.0 Å². The molecule has 5 rings (SSSR count). The molecule has 7 nitrogen and oxygen atoms in total. The number of halogens is 1. The fourth-order valence-corrected chi connectivity index (χ4v) is 4.44. The van der Waals surface area contributed by atoms with Crippen LogP contribution in [0.5, 0.6) is 0 Å². The number of carboxylic acid groups (broad SMARTS) is 1. The number of nitrogens with zero attached hydrogens (tertiary/aromatic N) is 3. The summed E-state index contributed by atoms with van der Waals surface area (Å²) < 4.78 is 16.8. The van der Waals surface area contributed by atoms with Crippen molar-refractivity contribution in [3.8, 4) is 0 Å². The van der Waals surface area contributed by atoms with Gasteiger partial charge in [0, 0.05) is 37.8 Å². The number of anilines is 1. The summed E-state index contributed by atoms with van der Waals surface area (Å²) in [7, 11) is 0. The van der Waals surface area contributed by atoms with E-state index in [1.54, 1.807) is 4.57 Å². The second kappa shape index (κ2) is 7.46. The van der Waals surface area contributed by atoms with Gasteiger partial charge in [-0.05, 0) is 36.5 Å². The van der Waals surface area contributed by atoms with E-state index in [9.17, 15) is 14.7 Å². The minimum Gasteiger partial charge on any atom is -0.477 e. The molecule has 1 atom stereocenters. The van der Waals surface area contributed by atoms with Gasteiger partial charge in [-0.15, -0.1) is 0 Å². The van der Waals surface area contributed by atoms with Gasteiger partial charge >= 0.3 is 5.97 Å². The fraction of sp³-hybridized carbons (Fsp3) is 0.348. The van der Waals surface area contributed by atoms with E-state index >= 15 is 4.39 Å². The van der Waals surface area contributed by atoms with Crippen molar-refractivity contribution in [2.75, 3.05) is 18.0 Å². The van der Waals surface area contributed by atoms with Crippen LogP contribution >= 0.6 is 0 Å². The highest BCUT2D eigenvalue weighted by Gasteiger charge is 2.31. The van der Waals surface area contributed by atoms with E-state index in [4.69, 9.17) is 5.73 Å². The van der Waals surface area contributed by atoms with Gasteiger partial charge in [-0.3, -0.25) is 4.79 Å². The van der Waals surface area contributed by atoms with Crippen LogP contribution in [0.3, 0.4) is 0 Å². The van der Waals surface area contributed by atoms with Gasteiger partial charge < -0.3 is 20.3 Å². The van der Waals surface area contributed by atoms with E-state index in [2.05, 4.69) is 17.1 Å². The number of aromatic nitrogens is 2. The van der Waals surface area contributed by atoms with Crippen molar-refractivity contribution in [1.82, 2.24) is 9.55 Å². The molecule has 1 saturated heterocycles. The minimum atomic E-state index is -1.31.